The van der Waals surface area contributed by atoms with Crippen LogP contribution in [-0.4, -0.2) is 29.6 Å². The number of piperidine rings is 1. The number of nitrogens with zero attached hydrogens (tertiary/aromatic N) is 3. The van der Waals surface area contributed by atoms with Crippen LogP contribution in [0.1, 0.15) is 64.8 Å². The van der Waals surface area contributed by atoms with E-state index >= 15 is 0 Å². The molecule has 1 aliphatic heterocycles. The number of nitrogens with one attached hydrogen (secondary N) is 1. The van der Waals surface area contributed by atoms with Gasteiger partial charge in [0.1, 0.15) is 17.5 Å². The Bertz CT molecular complexity index is 490. The molecule has 1 atom stereocenters. The topological polar surface area (TPSA) is 41.1 Å². The van der Waals surface area contributed by atoms with Crippen LogP contribution >= 0.6 is 0 Å². The van der Waals surface area contributed by atoms with Gasteiger partial charge in [-0.25, -0.2) is 9.97 Å². The first kappa shape index (κ1) is 16.1. The van der Waals surface area contributed by atoms with Gasteiger partial charge in [0.25, 0.3) is 0 Å². The van der Waals surface area contributed by atoms with Gasteiger partial charge in [-0.15, -0.1) is 0 Å². The van der Waals surface area contributed by atoms with Crippen LogP contribution in [0.5, 0.6) is 0 Å². The summed E-state index contributed by atoms with van der Waals surface area (Å²) in [4.78, 5) is 12.2. The van der Waals surface area contributed by atoms with Crippen LogP contribution in [0, 0.1) is 6.92 Å². The molecule has 2 heterocycles. The van der Waals surface area contributed by atoms with Crippen molar-refractivity contribution in [1.29, 1.82) is 0 Å². The third-order valence-electron chi connectivity index (χ3n) is 4.40. The SMILES string of the molecule is CCC1CCCCN1c1nc(C(C)(C)C)nc(NC)c1C. The molecule has 1 saturated heterocycles. The molecule has 1 N–H and O–H groups in total. The lowest BCUT2D eigenvalue weighted by atomic mass is 9.95. The van der Waals surface area contributed by atoms with Crippen LogP contribution in [0.2, 0.25) is 0 Å². The minimum Gasteiger partial charge on any atom is -0.373 e. The van der Waals surface area contributed by atoms with Crippen molar-refractivity contribution in [2.45, 2.75) is 71.8 Å². The number of rotatable bonds is 3. The molecular weight excluding hydrogens is 260 g/mol. The van der Waals surface area contributed by atoms with Crippen molar-refractivity contribution in [3.8, 4) is 0 Å². The zero-order valence-corrected chi connectivity index (χ0v) is 14.5. The van der Waals surface area contributed by atoms with Gasteiger partial charge in [-0.2, -0.15) is 0 Å². The summed E-state index contributed by atoms with van der Waals surface area (Å²) in [6.45, 7) is 12.1. The largest absolute Gasteiger partial charge is 0.373 e. The normalized spacial score (nSPS) is 19.7. The summed E-state index contributed by atoms with van der Waals surface area (Å²) in [6.07, 6.45) is 5.06. The van der Waals surface area contributed by atoms with Crippen LogP contribution in [0.4, 0.5) is 11.6 Å². The van der Waals surface area contributed by atoms with Gasteiger partial charge in [0.15, 0.2) is 0 Å². The summed E-state index contributed by atoms with van der Waals surface area (Å²) in [5, 5.41) is 3.24. The van der Waals surface area contributed by atoms with Crippen LogP contribution in [-0.2, 0) is 5.41 Å². The second-order valence-corrected chi connectivity index (χ2v) is 7.10. The lowest BCUT2D eigenvalue weighted by Crippen LogP contribution is -2.40. The van der Waals surface area contributed by atoms with Gasteiger partial charge in [-0.1, -0.05) is 27.7 Å². The summed E-state index contributed by atoms with van der Waals surface area (Å²) < 4.78 is 0. The van der Waals surface area contributed by atoms with Crippen LogP contribution in [0.25, 0.3) is 0 Å². The molecule has 1 fully saturated rings. The Balaban J connectivity index is 2.50. The molecule has 1 aliphatic rings. The second-order valence-electron chi connectivity index (χ2n) is 7.10. The van der Waals surface area contributed by atoms with E-state index in [9.17, 15) is 0 Å². The molecule has 0 aromatic carbocycles. The fraction of sp³-hybridized carbons (Fsp3) is 0.765. The zero-order chi connectivity index (χ0) is 15.6. The van der Waals surface area contributed by atoms with Gasteiger partial charge in [0.2, 0.25) is 0 Å². The predicted molar refractivity (Wildman–Crippen MR) is 90.3 cm³/mol. The van der Waals surface area contributed by atoms with Crippen molar-refractivity contribution in [1.82, 2.24) is 9.97 Å². The molecule has 4 nitrogen and oxygen atoms in total. The highest BCUT2D eigenvalue weighted by molar-refractivity contribution is 5.59. The molecule has 2 rings (SSSR count). The first-order valence-corrected chi connectivity index (χ1v) is 8.22. The molecule has 0 saturated carbocycles. The predicted octanol–water partition coefficient (Wildman–Crippen LogP) is 3.89. The monoisotopic (exact) mass is 290 g/mol. The van der Waals surface area contributed by atoms with Gasteiger partial charge in [-0.05, 0) is 32.6 Å². The first-order valence-electron chi connectivity index (χ1n) is 8.22. The summed E-state index contributed by atoms with van der Waals surface area (Å²) in [7, 11) is 1.94. The van der Waals surface area contributed by atoms with Gasteiger partial charge < -0.3 is 10.2 Å². The van der Waals surface area contributed by atoms with Crippen molar-refractivity contribution in [2.75, 3.05) is 23.8 Å². The third kappa shape index (κ3) is 3.30. The number of hydrogen-bond donors (Lipinski definition) is 1. The molecule has 0 aliphatic carbocycles. The standard InChI is InChI=1S/C17H30N4/c1-7-13-10-8-9-11-21(13)15-12(2)14(18-6)19-16(20-15)17(3,4)5/h13H,7-11H2,1-6H3,(H,18,19,20). The Hall–Kier alpha value is -1.32. The van der Waals surface area contributed by atoms with E-state index in [4.69, 9.17) is 9.97 Å². The Morgan fingerprint density at radius 1 is 1.24 bits per heavy atom. The van der Waals surface area contributed by atoms with Gasteiger partial charge >= 0.3 is 0 Å². The van der Waals surface area contributed by atoms with E-state index in [-0.39, 0.29) is 5.41 Å². The van der Waals surface area contributed by atoms with Crippen molar-refractivity contribution in [3.63, 3.8) is 0 Å². The number of anilines is 2. The maximum atomic E-state index is 4.95. The molecule has 0 bridgehead atoms. The fourth-order valence-corrected chi connectivity index (χ4v) is 3.07. The first-order chi connectivity index (χ1) is 9.88. The molecule has 21 heavy (non-hydrogen) atoms. The summed E-state index contributed by atoms with van der Waals surface area (Å²) >= 11 is 0. The highest BCUT2D eigenvalue weighted by Crippen LogP contribution is 2.32. The Labute approximate surface area is 129 Å². The maximum absolute atomic E-state index is 4.95. The van der Waals surface area contributed by atoms with Crippen LogP contribution in [0.15, 0.2) is 0 Å². The Morgan fingerprint density at radius 2 is 1.95 bits per heavy atom. The minimum absolute atomic E-state index is 0.0362. The minimum atomic E-state index is -0.0362. The lowest BCUT2D eigenvalue weighted by Gasteiger charge is -2.38. The van der Waals surface area contributed by atoms with E-state index in [1.165, 1.54) is 31.2 Å². The maximum Gasteiger partial charge on any atom is 0.138 e. The number of aromatic nitrogens is 2. The molecule has 118 valence electrons. The summed E-state index contributed by atoms with van der Waals surface area (Å²) in [6, 6.07) is 0.616. The van der Waals surface area contributed by atoms with Crippen LogP contribution in [0.3, 0.4) is 0 Å². The molecule has 1 aromatic rings. The molecule has 0 spiro atoms. The van der Waals surface area contributed by atoms with E-state index in [1.54, 1.807) is 0 Å². The average molecular weight is 290 g/mol. The zero-order valence-electron chi connectivity index (χ0n) is 14.5. The molecule has 4 heteroatoms. The lowest BCUT2D eigenvalue weighted by molar-refractivity contribution is 0.443. The summed E-state index contributed by atoms with van der Waals surface area (Å²) in [5.41, 5.74) is 1.14. The van der Waals surface area contributed by atoms with Crippen LogP contribution < -0.4 is 10.2 Å². The van der Waals surface area contributed by atoms with E-state index < -0.39 is 0 Å². The van der Waals surface area contributed by atoms with E-state index in [0.29, 0.717) is 6.04 Å². The molecule has 1 aromatic heterocycles. The fourth-order valence-electron chi connectivity index (χ4n) is 3.07. The van der Waals surface area contributed by atoms with Crippen molar-refractivity contribution >= 4 is 11.6 Å². The Kier molecular flexibility index (Phi) is 4.74. The molecule has 0 amide bonds. The quantitative estimate of drug-likeness (QED) is 0.917. The molecular formula is C17H30N4. The van der Waals surface area contributed by atoms with Crippen molar-refractivity contribution in [2.24, 2.45) is 0 Å². The summed E-state index contributed by atoms with van der Waals surface area (Å²) in [5.74, 6) is 3.02. The van der Waals surface area contributed by atoms with Gasteiger partial charge in [-0.3, -0.25) is 0 Å². The molecule has 0 radical (unpaired) electrons. The second kappa shape index (κ2) is 6.20. The highest BCUT2D eigenvalue weighted by Gasteiger charge is 2.27. The van der Waals surface area contributed by atoms with Gasteiger partial charge in [0, 0.05) is 30.6 Å². The molecule has 1 unspecified atom stereocenters. The van der Waals surface area contributed by atoms with E-state index in [2.05, 4.69) is 44.8 Å². The Morgan fingerprint density at radius 3 is 2.52 bits per heavy atom. The number of hydrogen-bond acceptors (Lipinski definition) is 4. The van der Waals surface area contributed by atoms with E-state index in [1.807, 2.05) is 7.05 Å². The van der Waals surface area contributed by atoms with Crippen molar-refractivity contribution < 1.29 is 0 Å². The average Bonchev–Trinajstić information content (AvgIpc) is 2.46. The smallest absolute Gasteiger partial charge is 0.138 e. The third-order valence-corrected chi connectivity index (χ3v) is 4.40. The van der Waals surface area contributed by atoms with Crippen molar-refractivity contribution in [3.05, 3.63) is 11.4 Å². The highest BCUT2D eigenvalue weighted by atomic mass is 15.2. The van der Waals surface area contributed by atoms with Gasteiger partial charge in [0.05, 0.1) is 0 Å². The van der Waals surface area contributed by atoms with E-state index in [0.717, 1.165) is 24.0 Å².